The zero-order valence-corrected chi connectivity index (χ0v) is 21.5. The summed E-state index contributed by atoms with van der Waals surface area (Å²) in [6.45, 7) is 6.98. The number of ether oxygens (including phenoxy) is 1. The van der Waals surface area contributed by atoms with Gasteiger partial charge < -0.3 is 30.9 Å². The molecule has 1 saturated carbocycles. The minimum absolute atomic E-state index is 0.156. The van der Waals surface area contributed by atoms with Gasteiger partial charge in [0.2, 0.25) is 11.8 Å². The normalized spacial score (nSPS) is 20.4. The van der Waals surface area contributed by atoms with Crippen LogP contribution in [0.2, 0.25) is 0 Å². The number of benzene rings is 1. The Bertz CT molecular complexity index is 891. The zero-order valence-electron chi connectivity index (χ0n) is 21.5. The van der Waals surface area contributed by atoms with Gasteiger partial charge in [0.15, 0.2) is 6.04 Å². The van der Waals surface area contributed by atoms with Gasteiger partial charge in [0.1, 0.15) is 11.6 Å². The number of aliphatic hydroxyl groups excluding tert-OH is 1. The standard InChI is InChI=1S/C26H39N3O7/c1-16(30)21(24(33)34)29-22(31)19-12-10-18(11-13-19)15-27-23(32)20(14-17-8-6-5-7-9-17)28-25(35)36-26(2,3)4/h5-9,16,18-21,30H,10-15H2,1-4H3,(H,27,32)(H,28,35)(H,29,31)(H,33,34)/t16-,18?,19?,20-,21+/m0/s1. The Hall–Kier alpha value is -3.14. The van der Waals surface area contributed by atoms with Crippen LogP contribution in [0.5, 0.6) is 0 Å². The van der Waals surface area contributed by atoms with E-state index < -0.39 is 35.9 Å². The molecule has 10 nitrogen and oxygen atoms in total. The maximum Gasteiger partial charge on any atom is 0.408 e. The molecule has 0 heterocycles. The van der Waals surface area contributed by atoms with Crippen molar-refractivity contribution < 1.29 is 34.1 Å². The molecule has 0 radical (unpaired) electrons. The summed E-state index contributed by atoms with van der Waals surface area (Å²) >= 11 is 0. The van der Waals surface area contributed by atoms with E-state index in [4.69, 9.17) is 9.84 Å². The van der Waals surface area contributed by atoms with Crippen LogP contribution < -0.4 is 16.0 Å². The van der Waals surface area contributed by atoms with Crippen molar-refractivity contribution in [3.63, 3.8) is 0 Å². The molecule has 0 bridgehead atoms. The largest absolute Gasteiger partial charge is 0.480 e. The van der Waals surface area contributed by atoms with Crippen molar-refractivity contribution in [2.45, 2.75) is 83.6 Å². The number of carboxylic acids is 1. The lowest BCUT2D eigenvalue weighted by Gasteiger charge is -2.29. The third-order valence-electron chi connectivity index (χ3n) is 6.12. The van der Waals surface area contributed by atoms with Crippen molar-refractivity contribution in [2.75, 3.05) is 6.54 Å². The highest BCUT2D eigenvalue weighted by atomic mass is 16.6. The maximum atomic E-state index is 13.0. The Balaban J connectivity index is 1.89. The Morgan fingerprint density at radius 3 is 2.17 bits per heavy atom. The van der Waals surface area contributed by atoms with Crippen molar-refractivity contribution >= 4 is 23.9 Å². The number of nitrogens with one attached hydrogen (secondary N) is 3. The number of carbonyl (C=O) groups excluding carboxylic acids is 3. The van der Waals surface area contributed by atoms with Crippen LogP contribution in [0.3, 0.4) is 0 Å². The van der Waals surface area contributed by atoms with Crippen molar-refractivity contribution in [2.24, 2.45) is 11.8 Å². The van der Waals surface area contributed by atoms with Crippen LogP contribution in [0.15, 0.2) is 30.3 Å². The summed E-state index contributed by atoms with van der Waals surface area (Å²) in [5, 5.41) is 26.7. The third kappa shape index (κ3) is 9.85. The van der Waals surface area contributed by atoms with E-state index in [1.807, 2.05) is 30.3 Å². The molecule has 2 rings (SSSR count). The summed E-state index contributed by atoms with van der Waals surface area (Å²) in [6, 6.07) is 7.23. The zero-order chi connectivity index (χ0) is 26.9. The molecule has 10 heteroatoms. The van der Waals surface area contributed by atoms with Crippen LogP contribution in [0.25, 0.3) is 0 Å². The van der Waals surface area contributed by atoms with Crippen molar-refractivity contribution in [3.8, 4) is 0 Å². The highest BCUT2D eigenvalue weighted by Crippen LogP contribution is 2.28. The van der Waals surface area contributed by atoms with E-state index in [2.05, 4.69) is 16.0 Å². The van der Waals surface area contributed by atoms with E-state index >= 15 is 0 Å². The van der Waals surface area contributed by atoms with Crippen molar-refractivity contribution in [1.82, 2.24) is 16.0 Å². The molecule has 0 spiro atoms. The number of aliphatic hydroxyl groups is 1. The fourth-order valence-electron chi connectivity index (χ4n) is 4.17. The van der Waals surface area contributed by atoms with Gasteiger partial charge in [-0.2, -0.15) is 0 Å². The van der Waals surface area contributed by atoms with Gasteiger partial charge in [-0.05, 0) is 64.9 Å². The molecule has 1 aromatic carbocycles. The summed E-state index contributed by atoms with van der Waals surface area (Å²) in [7, 11) is 0. The number of carbonyl (C=O) groups is 4. The van der Waals surface area contributed by atoms with E-state index in [0.29, 0.717) is 38.6 Å². The van der Waals surface area contributed by atoms with Crippen molar-refractivity contribution in [1.29, 1.82) is 0 Å². The summed E-state index contributed by atoms with van der Waals surface area (Å²) in [5.41, 5.74) is 0.208. The molecule has 1 fully saturated rings. The number of rotatable bonds is 10. The highest BCUT2D eigenvalue weighted by Gasteiger charge is 2.32. The average molecular weight is 506 g/mol. The molecule has 5 N–H and O–H groups in total. The fourth-order valence-corrected chi connectivity index (χ4v) is 4.17. The molecule has 0 aromatic heterocycles. The number of aliphatic carboxylic acids is 1. The first-order chi connectivity index (χ1) is 16.9. The molecule has 0 saturated heterocycles. The van der Waals surface area contributed by atoms with E-state index in [1.54, 1.807) is 20.8 Å². The third-order valence-corrected chi connectivity index (χ3v) is 6.12. The van der Waals surface area contributed by atoms with Crippen LogP contribution in [0, 0.1) is 11.8 Å². The van der Waals surface area contributed by atoms with Gasteiger partial charge in [0.05, 0.1) is 6.10 Å². The van der Waals surface area contributed by atoms with Crippen LogP contribution in [-0.2, 0) is 25.5 Å². The van der Waals surface area contributed by atoms with E-state index in [0.717, 1.165) is 5.56 Å². The summed E-state index contributed by atoms with van der Waals surface area (Å²) in [5.74, 6) is -2.15. The summed E-state index contributed by atoms with van der Waals surface area (Å²) in [4.78, 5) is 49.0. The lowest BCUT2D eigenvalue weighted by molar-refractivity contribution is -0.145. The van der Waals surface area contributed by atoms with Crippen LogP contribution in [0.1, 0.15) is 58.9 Å². The second kappa shape index (κ2) is 13.2. The Morgan fingerprint density at radius 1 is 1.03 bits per heavy atom. The number of hydrogen-bond acceptors (Lipinski definition) is 6. The number of amides is 3. The summed E-state index contributed by atoms with van der Waals surface area (Å²) < 4.78 is 5.32. The quantitative estimate of drug-likeness (QED) is 0.326. The van der Waals surface area contributed by atoms with Gasteiger partial charge in [0.25, 0.3) is 0 Å². The molecule has 3 amide bonds. The lowest BCUT2D eigenvalue weighted by atomic mass is 9.81. The molecule has 0 unspecified atom stereocenters. The highest BCUT2D eigenvalue weighted by molar-refractivity contribution is 5.86. The Kier molecular flexibility index (Phi) is 10.7. The molecule has 36 heavy (non-hydrogen) atoms. The molecular weight excluding hydrogens is 466 g/mol. The summed E-state index contributed by atoms with van der Waals surface area (Å²) in [6.07, 6.45) is 0.941. The van der Waals surface area contributed by atoms with E-state index in [-0.39, 0.29) is 23.7 Å². The average Bonchev–Trinajstić information content (AvgIpc) is 2.79. The smallest absolute Gasteiger partial charge is 0.408 e. The predicted molar refractivity (Wildman–Crippen MR) is 133 cm³/mol. The minimum Gasteiger partial charge on any atom is -0.480 e. The van der Waals surface area contributed by atoms with Gasteiger partial charge in [-0.25, -0.2) is 9.59 Å². The SMILES string of the molecule is C[C@H](O)[C@@H](NC(=O)C1CCC(CNC(=O)[C@H](Cc2ccccc2)NC(=O)OC(C)(C)C)CC1)C(=O)O. The van der Waals surface area contributed by atoms with E-state index in [9.17, 15) is 24.3 Å². The molecule has 1 aromatic rings. The second-order valence-corrected chi connectivity index (χ2v) is 10.4. The Morgan fingerprint density at radius 2 is 1.64 bits per heavy atom. The maximum absolute atomic E-state index is 13.0. The first-order valence-electron chi connectivity index (χ1n) is 12.4. The van der Waals surface area contributed by atoms with Crippen LogP contribution >= 0.6 is 0 Å². The van der Waals surface area contributed by atoms with Gasteiger partial charge in [-0.1, -0.05) is 30.3 Å². The second-order valence-electron chi connectivity index (χ2n) is 10.4. The minimum atomic E-state index is -1.34. The number of carboxylic acid groups (broad SMARTS) is 1. The molecule has 1 aliphatic carbocycles. The van der Waals surface area contributed by atoms with Gasteiger partial charge in [0, 0.05) is 18.9 Å². The van der Waals surface area contributed by atoms with Crippen molar-refractivity contribution in [3.05, 3.63) is 35.9 Å². The van der Waals surface area contributed by atoms with Crippen LogP contribution in [-0.4, -0.2) is 64.4 Å². The van der Waals surface area contributed by atoms with Gasteiger partial charge >= 0.3 is 12.1 Å². The molecule has 1 aliphatic rings. The first-order valence-corrected chi connectivity index (χ1v) is 12.4. The fraction of sp³-hybridized carbons (Fsp3) is 0.615. The monoisotopic (exact) mass is 505 g/mol. The Labute approximate surface area is 212 Å². The van der Waals surface area contributed by atoms with Gasteiger partial charge in [-0.15, -0.1) is 0 Å². The molecule has 3 atom stereocenters. The topological polar surface area (TPSA) is 154 Å². The lowest BCUT2D eigenvalue weighted by Crippen LogP contribution is -2.51. The molecular formula is C26H39N3O7. The molecule has 0 aliphatic heterocycles. The van der Waals surface area contributed by atoms with E-state index in [1.165, 1.54) is 6.92 Å². The number of alkyl carbamates (subject to hydrolysis) is 1. The van der Waals surface area contributed by atoms with Crippen LogP contribution in [0.4, 0.5) is 4.79 Å². The predicted octanol–water partition coefficient (Wildman–Crippen LogP) is 2.00. The first kappa shape index (κ1) is 29.1. The molecule has 200 valence electrons. The number of hydrogen-bond donors (Lipinski definition) is 5. The van der Waals surface area contributed by atoms with Gasteiger partial charge in [-0.3, -0.25) is 9.59 Å².